The lowest BCUT2D eigenvalue weighted by Gasteiger charge is -2.31. The van der Waals surface area contributed by atoms with Gasteiger partial charge in [0, 0.05) is 111 Å². The van der Waals surface area contributed by atoms with Crippen LogP contribution < -0.4 is 45.3 Å². The zero-order chi connectivity index (χ0) is 80.4. The third-order valence-electron chi connectivity index (χ3n) is 20.2. The van der Waals surface area contributed by atoms with Crippen LogP contribution >= 0.6 is 23.5 Å². The van der Waals surface area contributed by atoms with Gasteiger partial charge in [-0.05, 0) is 106 Å². The van der Waals surface area contributed by atoms with Crippen LogP contribution in [0, 0.1) is 11.8 Å². The van der Waals surface area contributed by atoms with Crippen molar-refractivity contribution in [3.05, 3.63) is 125 Å². The Balaban J connectivity index is 0.796. The van der Waals surface area contributed by atoms with E-state index in [-0.39, 0.29) is 186 Å². The summed E-state index contributed by atoms with van der Waals surface area (Å²) in [4.78, 5) is 168. The van der Waals surface area contributed by atoms with Crippen molar-refractivity contribution in [1.82, 2.24) is 20.4 Å². The number of carbonyl (C=O) groups excluding carboxylic acids is 12. The molecule has 3 fully saturated rings. The molecule has 602 valence electrons. The second-order valence-corrected chi connectivity index (χ2v) is 31.4. The maximum atomic E-state index is 14.4. The standard InChI is InChI=1S/C80H98N8O22S2/c1-45-31-60-77(100)87-58-37-66(53(41-89)35-56(58)75(98)85(60)39-45)107-27-9-8-10-28-108-68-38-59-57(36-67(68)104-7)76(99)86-40-46(2)32-61(86)78(101)88(59)80(103)110-43-52-17-21-55(22-18-52)84-74(97)48(4)34-65(93)50(6)82-70(95)24-30-106-26-12-14-63(91)72-71(111-44-112-72)62(90)13-11-25-105-29-23-69(94)81-49(5)64(92)33-47(3)73(96)83-54-19-15-51(16-20-54)42-109-79(87)102/h15-22,35-38,47-50,60-61,71-72,77-78,89,100-101H,1-2,8-14,23-34,39-44H2,3-7H3,(H,81,94)(H,82,95)(H,83,96)(H,84,97). The van der Waals surface area contributed by atoms with Gasteiger partial charge in [0.2, 0.25) is 23.6 Å². The highest BCUT2D eigenvalue weighted by Gasteiger charge is 2.49. The van der Waals surface area contributed by atoms with Crippen molar-refractivity contribution in [1.29, 1.82) is 0 Å². The molecule has 7 N–H and O–H groups in total. The molecule has 32 heteroatoms. The Kier molecular flexibility index (Phi) is 30.0. The lowest BCUT2D eigenvalue weighted by molar-refractivity contribution is -0.130. The normalized spacial score (nSPS) is 26.0. The van der Waals surface area contributed by atoms with E-state index < -0.39 is 113 Å². The number of methoxy groups -OCH3 is 1. The average molecular weight is 1590 g/mol. The van der Waals surface area contributed by atoms with Crippen LogP contribution in [-0.2, 0) is 77.1 Å². The summed E-state index contributed by atoms with van der Waals surface area (Å²) in [5, 5.41) is 45.1. The van der Waals surface area contributed by atoms with E-state index >= 15 is 0 Å². The number of carbonyl (C=O) groups is 12. The number of anilines is 4. The first-order valence-electron chi connectivity index (χ1n) is 37.6. The zero-order valence-electron chi connectivity index (χ0n) is 63.5. The van der Waals surface area contributed by atoms with Gasteiger partial charge in [0.1, 0.15) is 30.5 Å². The number of nitrogens with one attached hydrogen (secondary N) is 4. The number of thioether (sulfide) groups is 2. The van der Waals surface area contributed by atoms with Gasteiger partial charge in [-0.1, -0.05) is 62.4 Å². The number of aliphatic hydroxyl groups is 3. The molecule has 0 saturated carbocycles. The molecule has 10 unspecified atom stereocenters. The number of aliphatic hydroxyl groups excluding tert-OH is 3. The van der Waals surface area contributed by atoms with Crippen molar-refractivity contribution in [2.45, 2.75) is 178 Å². The van der Waals surface area contributed by atoms with E-state index in [0.717, 1.165) is 9.80 Å². The van der Waals surface area contributed by atoms with E-state index in [2.05, 4.69) is 34.4 Å². The van der Waals surface area contributed by atoms with Crippen LogP contribution in [0.3, 0.4) is 0 Å². The van der Waals surface area contributed by atoms with Gasteiger partial charge in [0.25, 0.3) is 11.8 Å². The van der Waals surface area contributed by atoms with E-state index in [1.54, 1.807) is 62.4 Å². The van der Waals surface area contributed by atoms with E-state index in [1.807, 2.05) is 0 Å². The Hall–Kier alpha value is -9.70. The number of fused-ring (bicyclic) bond motifs is 4. The second-order valence-electron chi connectivity index (χ2n) is 28.7. The minimum absolute atomic E-state index is 0.00316. The van der Waals surface area contributed by atoms with Gasteiger partial charge in [0.15, 0.2) is 35.5 Å². The Labute approximate surface area is 657 Å². The molecular weight excluding hydrogens is 1490 g/mol. The van der Waals surface area contributed by atoms with E-state index in [0.29, 0.717) is 70.8 Å². The van der Waals surface area contributed by atoms with E-state index in [1.165, 1.54) is 78.5 Å². The Bertz CT molecular complexity index is 3940. The lowest BCUT2D eigenvalue weighted by atomic mass is 10.00. The van der Waals surface area contributed by atoms with Crippen LogP contribution in [0.5, 0.6) is 17.2 Å². The predicted molar refractivity (Wildman–Crippen MR) is 415 cm³/mol. The van der Waals surface area contributed by atoms with Gasteiger partial charge in [-0.3, -0.25) is 47.9 Å². The molecule has 4 aromatic carbocycles. The van der Waals surface area contributed by atoms with Crippen molar-refractivity contribution in [2.75, 3.05) is 85.4 Å². The molecule has 8 heterocycles. The Morgan fingerprint density at radius 3 is 1.37 bits per heavy atom. The number of nitrogens with zero attached hydrogens (tertiary/aromatic N) is 4. The molecule has 8 bridgehead atoms. The van der Waals surface area contributed by atoms with Gasteiger partial charge in [0.05, 0.1) is 97.3 Å². The minimum Gasteiger partial charge on any atom is -0.493 e. The van der Waals surface area contributed by atoms with Crippen molar-refractivity contribution in [3.8, 4) is 17.2 Å². The van der Waals surface area contributed by atoms with Crippen LogP contribution in [0.15, 0.2) is 97.1 Å². The van der Waals surface area contributed by atoms with Crippen molar-refractivity contribution >= 4 is 117 Å². The largest absolute Gasteiger partial charge is 0.493 e. The molecule has 0 spiro atoms. The maximum absolute atomic E-state index is 14.4. The number of hydrogen-bond donors (Lipinski definition) is 7. The quantitative estimate of drug-likeness (QED) is 0.0932. The summed E-state index contributed by atoms with van der Waals surface area (Å²) in [7, 11) is 1.39. The molecule has 30 nitrogen and oxygen atoms in total. The molecule has 12 rings (SSSR count). The predicted octanol–water partition coefficient (Wildman–Crippen LogP) is 8.08. The molecule has 0 aliphatic carbocycles. The lowest BCUT2D eigenvalue weighted by Crippen LogP contribution is -2.50. The molecule has 10 atom stereocenters. The minimum atomic E-state index is -1.61. The fourth-order valence-corrected chi connectivity index (χ4v) is 17.0. The first-order chi connectivity index (χ1) is 53.7. The molecular formula is C80H98N8O22S2. The average Bonchev–Trinajstić information content (AvgIpc) is 1.60. The monoisotopic (exact) mass is 1590 g/mol. The first kappa shape index (κ1) is 84.7. The number of rotatable bonds is 2. The van der Waals surface area contributed by atoms with Gasteiger partial charge >= 0.3 is 12.2 Å². The summed E-state index contributed by atoms with van der Waals surface area (Å²) in [5.41, 5.74) is 3.25. The maximum Gasteiger partial charge on any atom is 0.416 e. The summed E-state index contributed by atoms with van der Waals surface area (Å²) in [6.45, 7) is 14.0. The van der Waals surface area contributed by atoms with Crippen LogP contribution in [0.2, 0.25) is 0 Å². The van der Waals surface area contributed by atoms with Crippen molar-refractivity contribution in [2.24, 2.45) is 11.8 Å². The van der Waals surface area contributed by atoms with Gasteiger partial charge in [-0.15, -0.1) is 23.5 Å². The number of amides is 8. The van der Waals surface area contributed by atoms with Crippen molar-refractivity contribution < 1.29 is 106 Å². The summed E-state index contributed by atoms with van der Waals surface area (Å²) >= 11 is 2.83. The third-order valence-corrected chi connectivity index (χ3v) is 23.3. The SMILES string of the molecule is C=C1CC2C(O)N3C(=O)OCc4ccc(cc4)NC(=O)C(C)CC(=O)C(C)NC(=O)CCOCCCC(=O)C4SCSC4C(=O)CCCOCCC(=O)NC(C)C(=O)CC(C)C(=O)Nc4ccc(cc4)COC(=O)N4c5cc(c(OC)cc5C(=O)N5CC(=C)CC5C4O)OCCCCCOc4cc3c(cc4CO)C(=O)N2C1. The highest BCUT2D eigenvalue weighted by molar-refractivity contribution is 8.20. The van der Waals surface area contributed by atoms with E-state index in [9.17, 15) is 72.9 Å². The van der Waals surface area contributed by atoms with Gasteiger partial charge < -0.3 is 79.5 Å². The van der Waals surface area contributed by atoms with Crippen LogP contribution in [0.25, 0.3) is 0 Å². The summed E-state index contributed by atoms with van der Waals surface area (Å²) in [6.07, 6.45) is -2.90. The smallest absolute Gasteiger partial charge is 0.416 e. The molecule has 112 heavy (non-hydrogen) atoms. The molecule has 0 radical (unpaired) electrons. The number of hydrogen-bond acceptors (Lipinski definition) is 24. The fraction of sp³-hybridized carbons (Fsp3) is 0.500. The summed E-state index contributed by atoms with van der Waals surface area (Å²) in [6, 6.07) is 14.8. The van der Waals surface area contributed by atoms with Crippen molar-refractivity contribution in [3.63, 3.8) is 0 Å². The molecule has 3 saturated heterocycles. The number of Topliss-reactive ketones (excluding diaryl/α,β-unsaturated/α-hetero) is 4. The number of ether oxygens (including phenoxy) is 7. The molecule has 8 amide bonds. The highest BCUT2D eigenvalue weighted by Crippen LogP contribution is 2.44. The van der Waals surface area contributed by atoms with Gasteiger partial charge in [-0.25, -0.2) is 19.4 Å². The molecule has 8 aliphatic rings. The number of benzene rings is 4. The van der Waals surface area contributed by atoms with Crippen LogP contribution in [0.4, 0.5) is 32.3 Å². The summed E-state index contributed by atoms with van der Waals surface area (Å²) < 4.78 is 41.1. The van der Waals surface area contributed by atoms with Gasteiger partial charge in [-0.2, -0.15) is 0 Å². The van der Waals surface area contributed by atoms with E-state index in [4.69, 9.17) is 33.2 Å². The van der Waals surface area contributed by atoms with Crippen LogP contribution in [-0.4, -0.2) is 208 Å². The molecule has 8 aliphatic heterocycles. The third kappa shape index (κ3) is 21.5. The topological polar surface area (TPSA) is 391 Å². The molecule has 4 aromatic rings. The fourth-order valence-electron chi connectivity index (χ4n) is 13.8. The van der Waals surface area contributed by atoms with Crippen LogP contribution in [0.1, 0.15) is 149 Å². The first-order valence-corrected chi connectivity index (χ1v) is 39.7. The second kappa shape index (κ2) is 39.7. The Morgan fingerprint density at radius 2 is 0.929 bits per heavy atom. The summed E-state index contributed by atoms with van der Waals surface area (Å²) in [5.74, 6) is -4.93. The Morgan fingerprint density at radius 1 is 0.500 bits per heavy atom. The molecule has 0 aromatic heterocycles. The zero-order valence-corrected chi connectivity index (χ0v) is 65.1. The number of ketones is 4. The highest BCUT2D eigenvalue weighted by atomic mass is 32.2.